The lowest BCUT2D eigenvalue weighted by Gasteiger charge is -2.13. The van der Waals surface area contributed by atoms with Crippen molar-refractivity contribution in [2.24, 2.45) is 5.73 Å². The van der Waals surface area contributed by atoms with Crippen LogP contribution in [-0.2, 0) is 20.9 Å². The summed E-state index contributed by atoms with van der Waals surface area (Å²) < 4.78 is 10.2. The van der Waals surface area contributed by atoms with Crippen molar-refractivity contribution in [2.75, 3.05) is 0 Å². The number of hydrogen-bond donors (Lipinski definition) is 1. The van der Waals surface area contributed by atoms with Crippen molar-refractivity contribution in [3.63, 3.8) is 0 Å². The van der Waals surface area contributed by atoms with Gasteiger partial charge >= 0.3 is 5.97 Å². The van der Waals surface area contributed by atoms with Crippen LogP contribution in [0.25, 0.3) is 0 Å². The largest absolute Gasteiger partial charge is 0.422 e. The molecule has 1 rings (SSSR count). The Balaban J connectivity index is 2.17. The SMILES string of the molecule is CCCCCC(=O)O[C@H](N)OCc1ccccc1. The van der Waals surface area contributed by atoms with Gasteiger partial charge in [0.05, 0.1) is 6.61 Å². The average Bonchev–Trinajstić information content (AvgIpc) is 2.38. The molecule has 0 fully saturated rings. The average molecular weight is 251 g/mol. The van der Waals surface area contributed by atoms with Crippen molar-refractivity contribution in [1.29, 1.82) is 0 Å². The summed E-state index contributed by atoms with van der Waals surface area (Å²) in [5, 5.41) is 0. The molecular weight excluding hydrogens is 230 g/mol. The molecule has 4 heteroatoms. The van der Waals surface area contributed by atoms with Crippen molar-refractivity contribution in [3.8, 4) is 0 Å². The zero-order chi connectivity index (χ0) is 13.2. The van der Waals surface area contributed by atoms with Gasteiger partial charge in [-0.3, -0.25) is 10.5 Å². The molecule has 1 aromatic carbocycles. The molecule has 0 amide bonds. The Morgan fingerprint density at radius 3 is 2.67 bits per heavy atom. The summed E-state index contributed by atoms with van der Waals surface area (Å²) in [6.45, 7) is 2.42. The molecule has 0 saturated carbocycles. The summed E-state index contributed by atoms with van der Waals surface area (Å²) in [6, 6.07) is 9.62. The number of carbonyl (C=O) groups is 1. The Bertz CT molecular complexity index is 340. The number of esters is 1. The van der Waals surface area contributed by atoms with Crippen LogP contribution >= 0.6 is 0 Å². The second-order valence-electron chi connectivity index (χ2n) is 4.11. The molecular formula is C14H21NO3. The monoisotopic (exact) mass is 251 g/mol. The minimum absolute atomic E-state index is 0.302. The van der Waals surface area contributed by atoms with Crippen molar-refractivity contribution in [3.05, 3.63) is 35.9 Å². The molecule has 1 aromatic rings. The predicted molar refractivity (Wildman–Crippen MR) is 69.4 cm³/mol. The summed E-state index contributed by atoms with van der Waals surface area (Å²) >= 11 is 0. The molecule has 18 heavy (non-hydrogen) atoms. The number of ether oxygens (including phenoxy) is 2. The first-order chi connectivity index (χ1) is 8.72. The lowest BCUT2D eigenvalue weighted by molar-refractivity contribution is -0.180. The minimum atomic E-state index is -0.987. The van der Waals surface area contributed by atoms with E-state index in [1.807, 2.05) is 30.3 Å². The molecule has 0 aliphatic carbocycles. The lowest BCUT2D eigenvalue weighted by Crippen LogP contribution is -2.29. The van der Waals surface area contributed by atoms with Crippen molar-refractivity contribution in [1.82, 2.24) is 0 Å². The third-order valence-corrected chi connectivity index (χ3v) is 2.49. The smallest absolute Gasteiger partial charge is 0.309 e. The van der Waals surface area contributed by atoms with Gasteiger partial charge in [-0.05, 0) is 12.0 Å². The van der Waals surface area contributed by atoms with Crippen LogP contribution in [0, 0.1) is 0 Å². The molecule has 100 valence electrons. The standard InChI is InChI=1S/C14H21NO3/c1-2-3-5-10-13(16)18-14(15)17-11-12-8-6-4-7-9-12/h4,6-9,14H,2-3,5,10-11,15H2,1H3/t14-/m1/s1. The van der Waals surface area contributed by atoms with Gasteiger partial charge in [0, 0.05) is 6.42 Å². The lowest BCUT2D eigenvalue weighted by atomic mass is 10.2. The number of benzene rings is 1. The Kier molecular flexibility index (Phi) is 7.06. The molecule has 1 atom stereocenters. The van der Waals surface area contributed by atoms with E-state index in [1.165, 1.54) is 0 Å². The molecule has 0 aromatic heterocycles. The maximum absolute atomic E-state index is 11.4. The van der Waals surface area contributed by atoms with Gasteiger partial charge in [-0.2, -0.15) is 0 Å². The summed E-state index contributed by atoms with van der Waals surface area (Å²) in [7, 11) is 0. The highest BCUT2D eigenvalue weighted by molar-refractivity contribution is 5.69. The van der Waals surface area contributed by atoms with Crippen LogP contribution in [0.4, 0.5) is 0 Å². The summed E-state index contributed by atoms with van der Waals surface area (Å²) in [6.07, 6.45) is 2.34. The first-order valence-electron chi connectivity index (χ1n) is 6.33. The van der Waals surface area contributed by atoms with E-state index in [-0.39, 0.29) is 5.97 Å². The highest BCUT2D eigenvalue weighted by Gasteiger charge is 2.09. The van der Waals surface area contributed by atoms with Gasteiger partial charge in [0.2, 0.25) is 0 Å². The Morgan fingerprint density at radius 2 is 2.00 bits per heavy atom. The number of unbranched alkanes of at least 4 members (excludes halogenated alkanes) is 2. The molecule has 0 radical (unpaired) electrons. The number of carbonyl (C=O) groups excluding carboxylic acids is 1. The van der Waals surface area contributed by atoms with E-state index in [1.54, 1.807) is 0 Å². The van der Waals surface area contributed by atoms with E-state index in [9.17, 15) is 4.79 Å². The summed E-state index contributed by atoms with van der Waals surface area (Å²) in [5.41, 5.74) is 6.56. The Morgan fingerprint density at radius 1 is 1.28 bits per heavy atom. The number of rotatable bonds is 8. The van der Waals surface area contributed by atoms with Gasteiger partial charge in [0.1, 0.15) is 0 Å². The van der Waals surface area contributed by atoms with Crippen LogP contribution < -0.4 is 5.73 Å². The predicted octanol–water partition coefficient (Wildman–Crippen LogP) is 2.57. The van der Waals surface area contributed by atoms with Gasteiger partial charge < -0.3 is 9.47 Å². The molecule has 2 N–H and O–H groups in total. The fraction of sp³-hybridized carbons (Fsp3) is 0.500. The van der Waals surface area contributed by atoms with E-state index in [4.69, 9.17) is 15.2 Å². The van der Waals surface area contributed by atoms with Gasteiger partial charge in [0.25, 0.3) is 6.41 Å². The van der Waals surface area contributed by atoms with Crippen LogP contribution in [0.1, 0.15) is 38.2 Å². The zero-order valence-electron chi connectivity index (χ0n) is 10.8. The molecule has 0 unspecified atom stereocenters. The van der Waals surface area contributed by atoms with Crippen LogP contribution in [-0.4, -0.2) is 12.4 Å². The molecule has 4 nitrogen and oxygen atoms in total. The van der Waals surface area contributed by atoms with Gasteiger partial charge in [0.15, 0.2) is 0 Å². The van der Waals surface area contributed by atoms with Gasteiger partial charge in [-0.25, -0.2) is 0 Å². The number of nitrogens with two attached hydrogens (primary N) is 1. The van der Waals surface area contributed by atoms with E-state index < -0.39 is 6.41 Å². The van der Waals surface area contributed by atoms with Crippen molar-refractivity contribution in [2.45, 2.75) is 45.6 Å². The maximum atomic E-state index is 11.4. The molecule has 0 aliphatic rings. The minimum Gasteiger partial charge on any atom is -0.422 e. The Labute approximate surface area is 108 Å². The molecule has 0 spiro atoms. The van der Waals surface area contributed by atoms with Gasteiger partial charge in [-0.15, -0.1) is 0 Å². The highest BCUT2D eigenvalue weighted by Crippen LogP contribution is 2.04. The van der Waals surface area contributed by atoms with Crippen molar-refractivity contribution < 1.29 is 14.3 Å². The van der Waals surface area contributed by atoms with E-state index in [2.05, 4.69) is 6.92 Å². The second-order valence-corrected chi connectivity index (χ2v) is 4.11. The summed E-state index contributed by atoms with van der Waals surface area (Å²) in [5.74, 6) is -0.302. The highest BCUT2D eigenvalue weighted by atomic mass is 16.7. The molecule has 0 bridgehead atoms. The van der Waals surface area contributed by atoms with Crippen LogP contribution in [0.2, 0.25) is 0 Å². The van der Waals surface area contributed by atoms with Gasteiger partial charge in [-0.1, -0.05) is 50.1 Å². The van der Waals surface area contributed by atoms with E-state index >= 15 is 0 Å². The normalized spacial score (nSPS) is 12.1. The second kappa shape index (κ2) is 8.66. The molecule has 0 aliphatic heterocycles. The fourth-order valence-corrected chi connectivity index (χ4v) is 1.49. The first-order valence-corrected chi connectivity index (χ1v) is 6.33. The summed E-state index contributed by atoms with van der Waals surface area (Å²) in [4.78, 5) is 11.4. The number of hydrogen-bond acceptors (Lipinski definition) is 4. The third kappa shape index (κ3) is 6.37. The third-order valence-electron chi connectivity index (χ3n) is 2.49. The maximum Gasteiger partial charge on any atom is 0.309 e. The molecule has 0 saturated heterocycles. The zero-order valence-corrected chi connectivity index (χ0v) is 10.8. The van der Waals surface area contributed by atoms with Crippen LogP contribution in [0.3, 0.4) is 0 Å². The van der Waals surface area contributed by atoms with Crippen molar-refractivity contribution >= 4 is 5.97 Å². The quantitative estimate of drug-likeness (QED) is 0.438. The molecule has 0 heterocycles. The first kappa shape index (κ1) is 14.7. The fourth-order valence-electron chi connectivity index (χ4n) is 1.49. The van der Waals surface area contributed by atoms with E-state index in [0.717, 1.165) is 24.8 Å². The Hall–Kier alpha value is -1.39. The topological polar surface area (TPSA) is 61.5 Å². The van der Waals surface area contributed by atoms with Crippen LogP contribution in [0.15, 0.2) is 30.3 Å². The van der Waals surface area contributed by atoms with Crippen LogP contribution in [0.5, 0.6) is 0 Å². The van der Waals surface area contributed by atoms with E-state index in [0.29, 0.717) is 13.0 Å².